The van der Waals surface area contributed by atoms with Gasteiger partial charge in [-0.05, 0) is 30.2 Å². The van der Waals surface area contributed by atoms with Crippen molar-refractivity contribution in [3.05, 3.63) is 113 Å². The van der Waals surface area contributed by atoms with E-state index in [4.69, 9.17) is 0 Å². The first kappa shape index (κ1) is 20.6. The van der Waals surface area contributed by atoms with Gasteiger partial charge in [-0.2, -0.15) is 5.26 Å². The van der Waals surface area contributed by atoms with E-state index in [1.807, 2.05) is 66.7 Å². The maximum atomic E-state index is 12.8. The molecule has 0 saturated carbocycles. The molecule has 0 aliphatic rings. The highest BCUT2D eigenvalue weighted by molar-refractivity contribution is 5.98. The highest BCUT2D eigenvalue weighted by Crippen LogP contribution is 2.22. The summed E-state index contributed by atoms with van der Waals surface area (Å²) in [6, 6.07) is 27.6. The van der Waals surface area contributed by atoms with Gasteiger partial charge in [0.15, 0.2) is 5.78 Å². The zero-order valence-corrected chi connectivity index (χ0v) is 16.5. The number of hydrogen-bond donors (Lipinski definition) is 2. The Labute approximate surface area is 175 Å². The van der Waals surface area contributed by atoms with Gasteiger partial charge in [-0.3, -0.25) is 9.59 Å². The zero-order chi connectivity index (χ0) is 21.3. The van der Waals surface area contributed by atoms with Gasteiger partial charge in [-0.15, -0.1) is 0 Å². The van der Waals surface area contributed by atoms with E-state index >= 15 is 0 Å². The Balaban J connectivity index is 1.82. The molecular weight excluding hydrogens is 374 g/mol. The number of ketones is 1. The summed E-state index contributed by atoms with van der Waals surface area (Å²) in [5, 5.41) is 15.4. The Bertz CT molecular complexity index is 1060. The fourth-order valence-corrected chi connectivity index (χ4v) is 2.99. The molecule has 0 spiro atoms. The van der Waals surface area contributed by atoms with Crippen LogP contribution in [0, 0.1) is 11.3 Å². The number of nitrogens with one attached hydrogen (secondary N) is 2. The summed E-state index contributed by atoms with van der Waals surface area (Å²) in [6.45, 7) is 1.48. The average Bonchev–Trinajstić information content (AvgIpc) is 2.79. The number of anilines is 1. The van der Waals surface area contributed by atoms with Crippen LogP contribution in [0.5, 0.6) is 0 Å². The van der Waals surface area contributed by atoms with E-state index in [1.54, 1.807) is 24.3 Å². The SMILES string of the molecule is CC(=O)c1cccc(N/C=C(/C#N)C(=O)NC(c2ccccc2)c2ccccc2)c1. The van der Waals surface area contributed by atoms with Crippen LogP contribution in [-0.2, 0) is 4.79 Å². The second-order valence-electron chi connectivity index (χ2n) is 6.68. The number of benzene rings is 3. The molecule has 0 heterocycles. The van der Waals surface area contributed by atoms with Crippen LogP contribution in [0.25, 0.3) is 0 Å². The van der Waals surface area contributed by atoms with Gasteiger partial charge in [0, 0.05) is 17.5 Å². The summed E-state index contributed by atoms with van der Waals surface area (Å²) >= 11 is 0. The minimum Gasteiger partial charge on any atom is -0.360 e. The van der Waals surface area contributed by atoms with Gasteiger partial charge >= 0.3 is 0 Å². The number of carbonyl (C=O) groups is 2. The number of nitrogens with zero attached hydrogens (tertiary/aromatic N) is 1. The molecule has 0 aliphatic heterocycles. The summed E-state index contributed by atoms with van der Waals surface area (Å²) < 4.78 is 0. The van der Waals surface area contributed by atoms with Crippen LogP contribution in [0.4, 0.5) is 5.69 Å². The molecule has 5 heteroatoms. The summed E-state index contributed by atoms with van der Waals surface area (Å²) in [5.74, 6) is -0.556. The molecule has 2 N–H and O–H groups in total. The Kier molecular flexibility index (Phi) is 6.75. The van der Waals surface area contributed by atoms with Gasteiger partial charge < -0.3 is 10.6 Å². The number of rotatable bonds is 7. The van der Waals surface area contributed by atoms with E-state index in [-0.39, 0.29) is 11.4 Å². The monoisotopic (exact) mass is 395 g/mol. The first-order chi connectivity index (χ1) is 14.6. The highest BCUT2D eigenvalue weighted by Gasteiger charge is 2.19. The largest absolute Gasteiger partial charge is 0.360 e. The van der Waals surface area contributed by atoms with Crippen molar-refractivity contribution in [2.24, 2.45) is 0 Å². The van der Waals surface area contributed by atoms with Crippen molar-refractivity contribution < 1.29 is 9.59 Å². The summed E-state index contributed by atoms with van der Waals surface area (Å²) in [5.41, 5.74) is 2.92. The fourth-order valence-electron chi connectivity index (χ4n) is 2.99. The van der Waals surface area contributed by atoms with Crippen molar-refractivity contribution >= 4 is 17.4 Å². The molecule has 0 aromatic heterocycles. The number of hydrogen-bond acceptors (Lipinski definition) is 4. The van der Waals surface area contributed by atoms with Crippen molar-refractivity contribution in [3.8, 4) is 6.07 Å². The molecular formula is C25H21N3O2. The molecule has 0 saturated heterocycles. The third-order valence-corrected chi connectivity index (χ3v) is 4.56. The molecule has 0 bridgehead atoms. The minimum absolute atomic E-state index is 0.0607. The van der Waals surface area contributed by atoms with E-state index < -0.39 is 11.9 Å². The zero-order valence-electron chi connectivity index (χ0n) is 16.5. The van der Waals surface area contributed by atoms with Crippen LogP contribution in [0.1, 0.15) is 34.5 Å². The molecule has 0 unspecified atom stereocenters. The van der Waals surface area contributed by atoms with Crippen LogP contribution in [-0.4, -0.2) is 11.7 Å². The molecule has 5 nitrogen and oxygen atoms in total. The Morgan fingerprint density at radius 2 is 1.50 bits per heavy atom. The van der Waals surface area contributed by atoms with Crippen molar-refractivity contribution in [3.63, 3.8) is 0 Å². The predicted molar refractivity (Wildman–Crippen MR) is 117 cm³/mol. The molecule has 148 valence electrons. The lowest BCUT2D eigenvalue weighted by molar-refractivity contribution is -0.117. The molecule has 30 heavy (non-hydrogen) atoms. The fraction of sp³-hybridized carbons (Fsp3) is 0.0800. The van der Waals surface area contributed by atoms with Crippen molar-refractivity contribution in [1.29, 1.82) is 5.26 Å². The van der Waals surface area contributed by atoms with Gasteiger partial charge in [0.1, 0.15) is 11.6 Å². The van der Waals surface area contributed by atoms with Crippen molar-refractivity contribution in [2.75, 3.05) is 5.32 Å². The van der Waals surface area contributed by atoms with Crippen molar-refractivity contribution in [1.82, 2.24) is 5.32 Å². The Morgan fingerprint density at radius 3 is 2.03 bits per heavy atom. The molecule has 0 aliphatic carbocycles. The summed E-state index contributed by atoms with van der Waals surface area (Å²) in [4.78, 5) is 24.4. The van der Waals surface area contributed by atoms with Gasteiger partial charge in [-0.25, -0.2) is 0 Å². The lowest BCUT2D eigenvalue weighted by Gasteiger charge is -2.19. The van der Waals surface area contributed by atoms with Gasteiger partial charge in [0.05, 0.1) is 6.04 Å². The van der Waals surface area contributed by atoms with Crippen molar-refractivity contribution in [2.45, 2.75) is 13.0 Å². The lowest BCUT2D eigenvalue weighted by atomic mass is 9.98. The first-order valence-corrected chi connectivity index (χ1v) is 9.47. The van der Waals surface area contributed by atoms with Crippen LogP contribution in [0.3, 0.4) is 0 Å². The smallest absolute Gasteiger partial charge is 0.264 e. The third kappa shape index (κ3) is 5.21. The number of Topliss-reactive ketones (excluding diaryl/α,β-unsaturated/α-hetero) is 1. The topological polar surface area (TPSA) is 82.0 Å². The van der Waals surface area contributed by atoms with Crippen LogP contribution >= 0.6 is 0 Å². The Morgan fingerprint density at radius 1 is 0.900 bits per heavy atom. The molecule has 0 radical (unpaired) electrons. The summed E-state index contributed by atoms with van der Waals surface area (Å²) in [6.07, 6.45) is 1.35. The van der Waals surface area contributed by atoms with E-state index in [0.717, 1.165) is 11.1 Å². The van der Waals surface area contributed by atoms with Crippen LogP contribution in [0.2, 0.25) is 0 Å². The van der Waals surface area contributed by atoms with Gasteiger partial charge in [-0.1, -0.05) is 72.8 Å². The van der Waals surface area contributed by atoms with Crippen LogP contribution in [0.15, 0.2) is 96.7 Å². The maximum absolute atomic E-state index is 12.8. The van der Waals surface area contributed by atoms with E-state index in [2.05, 4.69) is 10.6 Å². The van der Waals surface area contributed by atoms with Gasteiger partial charge in [0.25, 0.3) is 5.91 Å². The maximum Gasteiger partial charge on any atom is 0.264 e. The number of amides is 1. The molecule has 3 rings (SSSR count). The highest BCUT2D eigenvalue weighted by atomic mass is 16.1. The molecule has 0 fully saturated rings. The van der Waals surface area contributed by atoms with E-state index in [9.17, 15) is 14.9 Å². The van der Waals surface area contributed by atoms with Crippen LogP contribution < -0.4 is 10.6 Å². The molecule has 3 aromatic rings. The van der Waals surface area contributed by atoms with E-state index in [0.29, 0.717) is 11.3 Å². The second-order valence-corrected chi connectivity index (χ2v) is 6.68. The summed E-state index contributed by atoms with van der Waals surface area (Å²) in [7, 11) is 0. The first-order valence-electron chi connectivity index (χ1n) is 9.47. The van der Waals surface area contributed by atoms with Gasteiger partial charge in [0.2, 0.25) is 0 Å². The number of carbonyl (C=O) groups excluding carboxylic acids is 2. The standard InChI is InChI=1S/C25H21N3O2/c1-18(29)21-13-8-14-23(15-21)27-17-22(16-26)25(30)28-24(19-9-4-2-5-10-19)20-11-6-3-7-12-20/h2-15,17,24,27H,1H3,(H,28,30)/b22-17-. The molecule has 3 aromatic carbocycles. The number of nitriles is 1. The normalized spacial score (nSPS) is 10.9. The average molecular weight is 395 g/mol. The third-order valence-electron chi connectivity index (χ3n) is 4.56. The molecule has 1 amide bonds. The molecule has 0 atom stereocenters. The minimum atomic E-state index is -0.495. The Hall–Kier alpha value is -4.17. The lowest BCUT2D eigenvalue weighted by Crippen LogP contribution is -2.30. The predicted octanol–water partition coefficient (Wildman–Crippen LogP) is 4.61. The second kappa shape index (κ2) is 9.85. The quantitative estimate of drug-likeness (QED) is 0.348. The van der Waals surface area contributed by atoms with E-state index in [1.165, 1.54) is 13.1 Å².